The minimum Gasteiger partial charge on any atom is -0.383 e. The number of anilines is 1. The Morgan fingerprint density at radius 1 is 1.03 bits per heavy atom. The fourth-order valence-electron chi connectivity index (χ4n) is 3.51. The standard InChI is InChI=1S/C23H24F3N3O2/c1-3-28(4-2)22(31)21(30)19-15-29(20-11-6-5-10-18(19)20)13-12-27-17-9-7-8-16(14-17)23(24,25)26/h5-11,14-15,27H,3-4,12-13H2,1-2H3. The average Bonchev–Trinajstić information content (AvgIpc) is 3.12. The molecule has 0 unspecified atom stereocenters. The molecule has 1 amide bonds. The summed E-state index contributed by atoms with van der Waals surface area (Å²) in [4.78, 5) is 26.8. The summed E-state index contributed by atoms with van der Waals surface area (Å²) in [7, 11) is 0. The van der Waals surface area contributed by atoms with Crippen molar-refractivity contribution in [2.45, 2.75) is 26.6 Å². The Bertz CT molecular complexity index is 1090. The van der Waals surface area contributed by atoms with Gasteiger partial charge in [-0.1, -0.05) is 24.3 Å². The first-order valence-electron chi connectivity index (χ1n) is 10.1. The quantitative estimate of drug-likeness (QED) is 0.411. The molecule has 31 heavy (non-hydrogen) atoms. The van der Waals surface area contributed by atoms with Crippen LogP contribution in [0.5, 0.6) is 0 Å². The molecule has 3 aromatic rings. The van der Waals surface area contributed by atoms with Gasteiger partial charge in [0.15, 0.2) is 0 Å². The van der Waals surface area contributed by atoms with Gasteiger partial charge in [-0.05, 0) is 38.1 Å². The van der Waals surface area contributed by atoms with Gasteiger partial charge < -0.3 is 14.8 Å². The Morgan fingerprint density at radius 2 is 1.74 bits per heavy atom. The molecule has 0 fully saturated rings. The second-order valence-corrected chi connectivity index (χ2v) is 7.07. The van der Waals surface area contributed by atoms with E-state index in [2.05, 4.69) is 5.32 Å². The van der Waals surface area contributed by atoms with Gasteiger partial charge in [-0.2, -0.15) is 13.2 Å². The van der Waals surface area contributed by atoms with Crippen LogP contribution in [-0.2, 0) is 17.5 Å². The highest BCUT2D eigenvalue weighted by Gasteiger charge is 2.30. The lowest BCUT2D eigenvalue weighted by Crippen LogP contribution is -2.36. The summed E-state index contributed by atoms with van der Waals surface area (Å²) in [6.45, 7) is 5.27. The van der Waals surface area contributed by atoms with Gasteiger partial charge in [0.1, 0.15) is 0 Å². The lowest BCUT2D eigenvalue weighted by Gasteiger charge is -2.17. The first kappa shape index (κ1) is 22.4. The number of hydrogen-bond donors (Lipinski definition) is 1. The van der Waals surface area contributed by atoms with Gasteiger partial charge in [0.05, 0.1) is 11.1 Å². The van der Waals surface area contributed by atoms with Gasteiger partial charge in [0.25, 0.3) is 11.7 Å². The Kier molecular flexibility index (Phi) is 6.68. The number of rotatable bonds is 8. The Labute approximate surface area is 178 Å². The Balaban J connectivity index is 1.79. The van der Waals surface area contributed by atoms with Crippen molar-refractivity contribution >= 4 is 28.3 Å². The number of hydrogen-bond acceptors (Lipinski definition) is 3. The number of nitrogens with one attached hydrogen (secondary N) is 1. The zero-order valence-electron chi connectivity index (χ0n) is 17.4. The molecule has 0 aliphatic carbocycles. The Hall–Kier alpha value is -3.29. The molecule has 0 radical (unpaired) electrons. The maximum absolute atomic E-state index is 12.9. The van der Waals surface area contributed by atoms with Gasteiger partial charge in [0.2, 0.25) is 0 Å². The molecule has 8 heteroatoms. The highest BCUT2D eigenvalue weighted by molar-refractivity contribution is 6.44. The van der Waals surface area contributed by atoms with Crippen LogP contribution in [0.4, 0.5) is 18.9 Å². The maximum atomic E-state index is 12.9. The summed E-state index contributed by atoms with van der Waals surface area (Å²) in [5.74, 6) is -1.11. The number of aromatic nitrogens is 1. The minimum atomic E-state index is -4.40. The molecule has 1 aromatic heterocycles. The maximum Gasteiger partial charge on any atom is 0.416 e. The van der Waals surface area contributed by atoms with Crippen LogP contribution in [0.2, 0.25) is 0 Å². The molecule has 0 aliphatic rings. The van der Waals surface area contributed by atoms with Crippen molar-refractivity contribution in [2.75, 3.05) is 25.0 Å². The van der Waals surface area contributed by atoms with Crippen molar-refractivity contribution in [1.82, 2.24) is 9.47 Å². The molecule has 1 heterocycles. The van der Waals surface area contributed by atoms with Crippen molar-refractivity contribution in [3.05, 3.63) is 65.9 Å². The van der Waals surface area contributed by atoms with Gasteiger partial charge in [-0.25, -0.2) is 0 Å². The van der Waals surface area contributed by atoms with Crippen LogP contribution in [0.15, 0.2) is 54.7 Å². The summed E-state index contributed by atoms with van der Waals surface area (Å²) in [6, 6.07) is 12.3. The minimum absolute atomic E-state index is 0.326. The molecular weight excluding hydrogens is 407 g/mol. The number of ketones is 1. The molecule has 164 valence electrons. The van der Waals surface area contributed by atoms with Crippen LogP contribution < -0.4 is 5.32 Å². The van der Waals surface area contributed by atoms with E-state index in [1.807, 2.05) is 30.5 Å². The summed E-state index contributed by atoms with van der Waals surface area (Å²) in [5, 5.41) is 3.66. The number of alkyl halides is 3. The van der Waals surface area contributed by atoms with E-state index in [0.717, 1.165) is 17.6 Å². The van der Waals surface area contributed by atoms with E-state index in [0.29, 0.717) is 42.8 Å². The number of amides is 1. The van der Waals surface area contributed by atoms with Gasteiger partial charge in [0, 0.05) is 49.0 Å². The lowest BCUT2D eigenvalue weighted by molar-refractivity contribution is -0.137. The molecule has 1 N–H and O–H groups in total. The predicted molar refractivity (Wildman–Crippen MR) is 114 cm³/mol. The number of likely N-dealkylation sites (N-methyl/N-ethyl adjacent to an activating group) is 1. The van der Waals surface area contributed by atoms with Crippen LogP contribution in [0.25, 0.3) is 10.9 Å². The summed E-state index contributed by atoms with van der Waals surface area (Å²) >= 11 is 0. The number of nitrogens with zero attached hydrogens (tertiary/aromatic N) is 2. The Morgan fingerprint density at radius 3 is 2.42 bits per heavy atom. The van der Waals surface area contributed by atoms with Crippen LogP contribution in [-0.4, -0.2) is 40.8 Å². The van der Waals surface area contributed by atoms with E-state index in [4.69, 9.17) is 0 Å². The van der Waals surface area contributed by atoms with Gasteiger partial charge in [-0.15, -0.1) is 0 Å². The van der Waals surface area contributed by atoms with Crippen molar-refractivity contribution in [1.29, 1.82) is 0 Å². The zero-order chi connectivity index (χ0) is 22.6. The van der Waals surface area contributed by atoms with Crippen LogP contribution >= 0.6 is 0 Å². The number of carbonyl (C=O) groups excluding carboxylic acids is 2. The van der Waals surface area contributed by atoms with E-state index in [1.165, 1.54) is 11.0 Å². The fraction of sp³-hybridized carbons (Fsp3) is 0.304. The third-order valence-electron chi connectivity index (χ3n) is 5.15. The largest absolute Gasteiger partial charge is 0.416 e. The molecule has 0 saturated carbocycles. The predicted octanol–water partition coefficient (Wildman–Crippen LogP) is 4.82. The van der Waals surface area contributed by atoms with Crippen molar-refractivity contribution < 1.29 is 22.8 Å². The van der Waals surface area contributed by atoms with Gasteiger partial charge in [-0.3, -0.25) is 9.59 Å². The third kappa shape index (κ3) is 4.90. The molecule has 0 saturated heterocycles. The van der Waals surface area contributed by atoms with Crippen LogP contribution in [0.3, 0.4) is 0 Å². The van der Waals surface area contributed by atoms with Crippen LogP contribution in [0, 0.1) is 0 Å². The molecule has 0 spiro atoms. The fourth-order valence-corrected chi connectivity index (χ4v) is 3.51. The third-order valence-corrected chi connectivity index (χ3v) is 5.15. The number of para-hydroxylation sites is 1. The van der Waals surface area contributed by atoms with E-state index in [1.54, 1.807) is 24.4 Å². The molecule has 2 aromatic carbocycles. The van der Waals surface area contributed by atoms with E-state index in [-0.39, 0.29) is 0 Å². The SMILES string of the molecule is CCN(CC)C(=O)C(=O)c1cn(CCNc2cccc(C(F)(F)F)c2)c2ccccc12. The molecular formula is C23H24F3N3O2. The highest BCUT2D eigenvalue weighted by Crippen LogP contribution is 2.30. The second kappa shape index (κ2) is 9.24. The summed E-state index contributed by atoms with van der Waals surface area (Å²) in [5.41, 5.74) is 0.751. The number of benzene rings is 2. The van der Waals surface area contributed by atoms with Crippen molar-refractivity contribution in [2.24, 2.45) is 0 Å². The van der Waals surface area contributed by atoms with Crippen molar-refractivity contribution in [3.8, 4) is 0 Å². The lowest BCUT2D eigenvalue weighted by atomic mass is 10.1. The van der Waals surface area contributed by atoms with E-state index in [9.17, 15) is 22.8 Å². The van der Waals surface area contributed by atoms with Crippen LogP contribution in [0.1, 0.15) is 29.8 Å². The summed E-state index contributed by atoms with van der Waals surface area (Å²) < 4.78 is 40.5. The summed E-state index contributed by atoms with van der Waals surface area (Å²) in [6.07, 6.45) is -2.76. The average molecular weight is 431 g/mol. The van der Waals surface area contributed by atoms with E-state index < -0.39 is 23.4 Å². The van der Waals surface area contributed by atoms with E-state index >= 15 is 0 Å². The molecule has 5 nitrogen and oxygen atoms in total. The highest BCUT2D eigenvalue weighted by atomic mass is 19.4. The molecule has 0 bridgehead atoms. The number of carbonyl (C=O) groups is 2. The first-order chi connectivity index (χ1) is 14.8. The second-order valence-electron chi connectivity index (χ2n) is 7.07. The van der Waals surface area contributed by atoms with Gasteiger partial charge >= 0.3 is 6.18 Å². The smallest absolute Gasteiger partial charge is 0.383 e. The monoisotopic (exact) mass is 431 g/mol. The van der Waals surface area contributed by atoms with Crippen molar-refractivity contribution in [3.63, 3.8) is 0 Å². The number of fused-ring (bicyclic) bond motifs is 1. The zero-order valence-corrected chi connectivity index (χ0v) is 17.4. The molecule has 0 aliphatic heterocycles. The normalized spacial score (nSPS) is 11.5. The first-order valence-corrected chi connectivity index (χ1v) is 10.1. The molecule has 3 rings (SSSR count). The molecule has 0 atom stereocenters. The number of Topliss-reactive ketones (excluding diaryl/α,β-unsaturated/α-hetero) is 1. The number of halogens is 3. The topological polar surface area (TPSA) is 54.3 Å².